The Morgan fingerprint density at radius 3 is 2.55 bits per heavy atom. The number of hydrogen-bond donors (Lipinski definition) is 0. The van der Waals surface area contributed by atoms with Crippen LogP contribution < -0.4 is 0 Å². The van der Waals surface area contributed by atoms with Gasteiger partial charge in [-0.25, -0.2) is 9.79 Å². The maximum Gasteiger partial charge on any atom is 0.522 e. The molecule has 64 valence electrons. The number of rotatable bonds is 4. The van der Waals surface area contributed by atoms with E-state index < -0.39 is 13.0 Å². The molecule has 0 N–H and O–H groups in total. The Morgan fingerprint density at radius 2 is 2.09 bits per heavy atom. The molecule has 11 heavy (non-hydrogen) atoms. The van der Waals surface area contributed by atoms with Crippen molar-refractivity contribution < 1.29 is 22.7 Å². The molecule has 0 aliphatic heterocycles. The van der Waals surface area contributed by atoms with Gasteiger partial charge in [0.25, 0.3) is 0 Å². The average molecular weight is 169 g/mol. The molecular formula is C5H6F3NO2. The average Bonchev–Trinajstić information content (AvgIpc) is 1.85. The topological polar surface area (TPSA) is 38.7 Å². The third-order valence-corrected chi connectivity index (χ3v) is 0.745. The molecule has 0 amide bonds. The molecule has 0 aromatic heterocycles. The molecule has 0 aromatic carbocycles. The number of ether oxygens (including phenoxy) is 1. The summed E-state index contributed by atoms with van der Waals surface area (Å²) in [6.45, 7) is -0.464. The first kappa shape index (κ1) is 10.1. The monoisotopic (exact) mass is 169 g/mol. The smallest absolute Gasteiger partial charge is 0.292 e. The first-order valence-electron chi connectivity index (χ1n) is 2.80. The fourth-order valence-electron chi connectivity index (χ4n) is 0.377. The summed E-state index contributed by atoms with van der Waals surface area (Å²) in [5.74, 6) is 0. The molecule has 0 heterocycles. The molecule has 0 bridgehead atoms. The SMILES string of the molecule is O=C=NCCCOC(F)(F)F. The highest BCUT2D eigenvalue weighted by Crippen LogP contribution is 2.15. The summed E-state index contributed by atoms with van der Waals surface area (Å²) in [5, 5.41) is 0. The first-order chi connectivity index (χ1) is 5.06. The van der Waals surface area contributed by atoms with Crippen molar-refractivity contribution in [3.8, 4) is 0 Å². The zero-order valence-electron chi connectivity index (χ0n) is 5.52. The van der Waals surface area contributed by atoms with E-state index in [1.54, 1.807) is 0 Å². The van der Waals surface area contributed by atoms with E-state index in [4.69, 9.17) is 0 Å². The van der Waals surface area contributed by atoms with Crippen molar-refractivity contribution in [2.24, 2.45) is 4.99 Å². The molecule has 0 aliphatic carbocycles. The molecule has 3 nitrogen and oxygen atoms in total. The Morgan fingerprint density at radius 1 is 1.45 bits per heavy atom. The number of hydrogen-bond acceptors (Lipinski definition) is 3. The predicted octanol–water partition coefficient (Wildman–Crippen LogP) is 1.25. The number of carbonyl (C=O) groups excluding carboxylic acids is 1. The third-order valence-electron chi connectivity index (χ3n) is 0.745. The van der Waals surface area contributed by atoms with Crippen LogP contribution in [0.1, 0.15) is 6.42 Å². The molecule has 0 aliphatic rings. The van der Waals surface area contributed by atoms with Gasteiger partial charge in [0.1, 0.15) is 0 Å². The third kappa shape index (κ3) is 9.13. The van der Waals surface area contributed by atoms with E-state index >= 15 is 0 Å². The molecule has 0 aromatic rings. The summed E-state index contributed by atoms with van der Waals surface area (Å²) in [5.41, 5.74) is 0. The lowest BCUT2D eigenvalue weighted by Gasteiger charge is -2.04. The van der Waals surface area contributed by atoms with Crippen LogP contribution in [-0.2, 0) is 9.53 Å². The summed E-state index contributed by atoms with van der Waals surface area (Å²) >= 11 is 0. The van der Waals surface area contributed by atoms with E-state index in [0.717, 1.165) is 0 Å². The van der Waals surface area contributed by atoms with E-state index in [1.165, 1.54) is 6.08 Å². The van der Waals surface area contributed by atoms with Gasteiger partial charge in [0.05, 0.1) is 13.2 Å². The van der Waals surface area contributed by atoms with Crippen LogP contribution in [0.25, 0.3) is 0 Å². The van der Waals surface area contributed by atoms with Gasteiger partial charge in [0.2, 0.25) is 6.08 Å². The maximum atomic E-state index is 11.2. The predicted molar refractivity (Wildman–Crippen MR) is 29.6 cm³/mol. The minimum absolute atomic E-state index is 0.0135. The molecule has 0 atom stereocenters. The number of isocyanates is 1. The summed E-state index contributed by atoms with van der Waals surface area (Å²) in [4.78, 5) is 12.4. The van der Waals surface area contributed by atoms with Crippen molar-refractivity contribution in [1.29, 1.82) is 0 Å². The van der Waals surface area contributed by atoms with Crippen LogP contribution in [0.2, 0.25) is 0 Å². The molecule has 0 radical (unpaired) electrons. The van der Waals surface area contributed by atoms with Crippen LogP contribution in [0.4, 0.5) is 13.2 Å². The Bertz CT molecular complexity index is 150. The number of halogens is 3. The summed E-state index contributed by atoms with van der Waals surface area (Å²) in [6, 6.07) is 0. The summed E-state index contributed by atoms with van der Waals surface area (Å²) in [7, 11) is 0. The van der Waals surface area contributed by atoms with Gasteiger partial charge in [-0.05, 0) is 6.42 Å². The first-order valence-corrected chi connectivity index (χ1v) is 2.80. The van der Waals surface area contributed by atoms with E-state index in [1.807, 2.05) is 0 Å². The van der Waals surface area contributed by atoms with Crippen molar-refractivity contribution in [3.05, 3.63) is 0 Å². The lowest BCUT2D eigenvalue weighted by Crippen LogP contribution is -2.14. The van der Waals surface area contributed by atoms with Crippen LogP contribution in [0.3, 0.4) is 0 Å². The second-order valence-corrected chi connectivity index (χ2v) is 1.62. The van der Waals surface area contributed by atoms with Crippen molar-refractivity contribution in [1.82, 2.24) is 0 Å². The molecule has 0 fully saturated rings. The minimum Gasteiger partial charge on any atom is -0.292 e. The Balaban J connectivity index is 3.21. The van der Waals surface area contributed by atoms with Gasteiger partial charge in [-0.3, -0.25) is 4.74 Å². The molecule has 0 unspecified atom stereocenters. The van der Waals surface area contributed by atoms with Crippen LogP contribution in [0.5, 0.6) is 0 Å². The zero-order valence-corrected chi connectivity index (χ0v) is 5.52. The Hall–Kier alpha value is -0.870. The van der Waals surface area contributed by atoms with Crippen molar-refractivity contribution in [3.63, 3.8) is 0 Å². The van der Waals surface area contributed by atoms with Gasteiger partial charge in [0, 0.05) is 0 Å². The van der Waals surface area contributed by atoms with E-state index in [0.29, 0.717) is 0 Å². The number of alkyl halides is 3. The summed E-state index contributed by atoms with van der Waals surface area (Å²) in [6.07, 6.45) is -3.32. The highest BCUT2D eigenvalue weighted by Gasteiger charge is 2.28. The largest absolute Gasteiger partial charge is 0.522 e. The lowest BCUT2D eigenvalue weighted by atomic mass is 10.5. The van der Waals surface area contributed by atoms with E-state index in [2.05, 4.69) is 9.73 Å². The van der Waals surface area contributed by atoms with E-state index in [-0.39, 0.29) is 13.0 Å². The highest BCUT2D eigenvalue weighted by atomic mass is 19.4. The van der Waals surface area contributed by atoms with Gasteiger partial charge < -0.3 is 0 Å². The van der Waals surface area contributed by atoms with Crippen LogP contribution >= 0.6 is 0 Å². The molecular weight excluding hydrogens is 163 g/mol. The second kappa shape index (κ2) is 4.87. The van der Waals surface area contributed by atoms with Gasteiger partial charge in [-0.15, -0.1) is 13.2 Å². The highest BCUT2D eigenvalue weighted by molar-refractivity contribution is 5.32. The zero-order chi connectivity index (χ0) is 8.74. The standard InChI is InChI=1S/C5H6F3NO2/c6-5(7,8)11-3-1-2-9-4-10/h1-3H2. The van der Waals surface area contributed by atoms with Crippen LogP contribution in [-0.4, -0.2) is 25.6 Å². The Kier molecular flexibility index (Phi) is 4.49. The quantitative estimate of drug-likeness (QED) is 0.361. The number of aliphatic imine (C=N–C) groups is 1. The minimum atomic E-state index is -4.59. The van der Waals surface area contributed by atoms with Gasteiger partial charge >= 0.3 is 6.36 Å². The Labute approximate surface area is 60.9 Å². The fraction of sp³-hybridized carbons (Fsp3) is 0.800. The van der Waals surface area contributed by atoms with Crippen molar-refractivity contribution >= 4 is 6.08 Å². The van der Waals surface area contributed by atoms with Crippen molar-refractivity contribution in [2.45, 2.75) is 12.8 Å². The molecule has 0 saturated heterocycles. The van der Waals surface area contributed by atoms with Crippen molar-refractivity contribution in [2.75, 3.05) is 13.2 Å². The van der Waals surface area contributed by atoms with Gasteiger partial charge in [-0.1, -0.05) is 0 Å². The van der Waals surface area contributed by atoms with Crippen LogP contribution in [0.15, 0.2) is 4.99 Å². The molecule has 0 saturated carbocycles. The van der Waals surface area contributed by atoms with Gasteiger partial charge in [0.15, 0.2) is 0 Å². The van der Waals surface area contributed by atoms with E-state index in [9.17, 15) is 18.0 Å². The van der Waals surface area contributed by atoms with Gasteiger partial charge in [-0.2, -0.15) is 0 Å². The normalized spacial score (nSPS) is 10.8. The lowest BCUT2D eigenvalue weighted by molar-refractivity contribution is -0.324. The van der Waals surface area contributed by atoms with Crippen LogP contribution in [0, 0.1) is 0 Å². The fourth-order valence-corrected chi connectivity index (χ4v) is 0.377. The molecule has 6 heteroatoms. The molecule has 0 rings (SSSR count). The number of nitrogens with zero attached hydrogens (tertiary/aromatic N) is 1. The maximum absolute atomic E-state index is 11.2. The second-order valence-electron chi connectivity index (χ2n) is 1.62. The summed E-state index contributed by atoms with van der Waals surface area (Å²) < 4.78 is 37.1. The molecule has 0 spiro atoms.